The minimum absolute atomic E-state index is 0.506. The van der Waals surface area contributed by atoms with E-state index in [2.05, 4.69) is 35.9 Å². The molecule has 1 aromatic heterocycles. The largest absolute Gasteiger partial charge is 0.326 e. The van der Waals surface area contributed by atoms with E-state index in [1.54, 1.807) is 0 Å². The Morgan fingerprint density at radius 2 is 2.11 bits per heavy atom. The second-order valence-electron chi connectivity index (χ2n) is 6.16. The fourth-order valence-corrected chi connectivity index (χ4v) is 2.54. The minimum Gasteiger partial charge on any atom is -0.326 e. The Bertz CT molecular complexity index is 370. The number of nitrogens with zero attached hydrogens (tertiary/aromatic N) is 2. The zero-order valence-electron chi connectivity index (χ0n) is 11.7. The molecule has 0 amide bonds. The van der Waals surface area contributed by atoms with Gasteiger partial charge in [-0.3, -0.25) is 9.88 Å². The second-order valence-corrected chi connectivity index (χ2v) is 6.16. The van der Waals surface area contributed by atoms with E-state index < -0.39 is 0 Å². The maximum atomic E-state index is 5.58. The van der Waals surface area contributed by atoms with Crippen molar-refractivity contribution in [1.82, 2.24) is 9.88 Å². The average molecular weight is 247 g/mol. The fourth-order valence-electron chi connectivity index (χ4n) is 2.54. The van der Waals surface area contributed by atoms with Crippen molar-refractivity contribution in [3.8, 4) is 0 Å². The number of hydrogen-bond donors (Lipinski definition) is 1. The van der Waals surface area contributed by atoms with Gasteiger partial charge < -0.3 is 5.73 Å². The van der Waals surface area contributed by atoms with Crippen LogP contribution in [0.3, 0.4) is 0 Å². The lowest BCUT2D eigenvalue weighted by Gasteiger charge is -2.23. The van der Waals surface area contributed by atoms with Crippen LogP contribution in [-0.4, -0.2) is 23.0 Å². The van der Waals surface area contributed by atoms with Crippen LogP contribution >= 0.6 is 0 Å². The molecule has 1 saturated heterocycles. The highest BCUT2D eigenvalue weighted by Gasteiger charge is 2.22. The monoisotopic (exact) mass is 247 g/mol. The molecule has 1 aliphatic heterocycles. The lowest BCUT2D eigenvalue weighted by atomic mass is 9.85. The third-order valence-electron chi connectivity index (χ3n) is 3.94. The first-order valence-electron chi connectivity index (χ1n) is 6.95. The molecule has 1 aliphatic rings. The zero-order chi connectivity index (χ0) is 13.0. The van der Waals surface area contributed by atoms with Gasteiger partial charge in [-0.05, 0) is 49.4 Å². The molecule has 1 fully saturated rings. The average Bonchev–Trinajstić information content (AvgIpc) is 2.52. The third kappa shape index (κ3) is 3.79. The van der Waals surface area contributed by atoms with E-state index in [0.717, 1.165) is 17.8 Å². The van der Waals surface area contributed by atoms with Gasteiger partial charge in [0.1, 0.15) is 0 Å². The molecule has 2 rings (SSSR count). The summed E-state index contributed by atoms with van der Waals surface area (Å²) in [6, 6.07) is 4.20. The lowest BCUT2D eigenvalue weighted by Crippen LogP contribution is -2.25. The standard InChI is InChI=1S/C15H25N3/c1-15(2)6-3-8-18(9-7-15)12-14-5-4-13(10-16)11-17-14/h4-5,11H,3,6-10,12,16H2,1-2H3. The summed E-state index contributed by atoms with van der Waals surface area (Å²) in [4.78, 5) is 7.02. The van der Waals surface area contributed by atoms with Crippen molar-refractivity contribution in [1.29, 1.82) is 0 Å². The number of pyridine rings is 1. The molecule has 0 aliphatic carbocycles. The van der Waals surface area contributed by atoms with Gasteiger partial charge in [0.15, 0.2) is 0 Å². The maximum Gasteiger partial charge on any atom is 0.0544 e. The molecule has 1 aromatic rings. The van der Waals surface area contributed by atoms with Crippen LogP contribution in [0.15, 0.2) is 18.3 Å². The van der Waals surface area contributed by atoms with E-state index in [9.17, 15) is 0 Å². The van der Waals surface area contributed by atoms with Gasteiger partial charge >= 0.3 is 0 Å². The van der Waals surface area contributed by atoms with Gasteiger partial charge in [0.25, 0.3) is 0 Å². The highest BCUT2D eigenvalue weighted by molar-refractivity contribution is 5.13. The highest BCUT2D eigenvalue weighted by Crippen LogP contribution is 2.30. The molecular weight excluding hydrogens is 222 g/mol. The predicted octanol–water partition coefficient (Wildman–Crippen LogP) is 2.55. The molecule has 2 heterocycles. The molecule has 0 bridgehead atoms. The summed E-state index contributed by atoms with van der Waals surface area (Å²) in [5.41, 5.74) is 8.36. The Hall–Kier alpha value is -0.930. The Kier molecular flexibility index (Phi) is 4.36. The number of rotatable bonds is 3. The molecule has 0 atom stereocenters. The SMILES string of the molecule is CC1(C)CCCN(Cc2ccc(CN)cn2)CC1. The van der Waals surface area contributed by atoms with Crippen LogP contribution in [0.25, 0.3) is 0 Å². The Balaban J connectivity index is 1.92. The van der Waals surface area contributed by atoms with Gasteiger partial charge in [-0.15, -0.1) is 0 Å². The van der Waals surface area contributed by atoms with Crippen molar-refractivity contribution in [2.45, 2.75) is 46.2 Å². The van der Waals surface area contributed by atoms with Crippen molar-refractivity contribution >= 4 is 0 Å². The lowest BCUT2D eigenvalue weighted by molar-refractivity contribution is 0.253. The van der Waals surface area contributed by atoms with Crippen molar-refractivity contribution < 1.29 is 0 Å². The summed E-state index contributed by atoms with van der Waals surface area (Å²) >= 11 is 0. The van der Waals surface area contributed by atoms with Gasteiger partial charge in [0.2, 0.25) is 0 Å². The summed E-state index contributed by atoms with van der Waals surface area (Å²) in [5, 5.41) is 0. The van der Waals surface area contributed by atoms with Crippen molar-refractivity contribution in [2.24, 2.45) is 11.1 Å². The normalized spacial score (nSPS) is 20.6. The van der Waals surface area contributed by atoms with E-state index in [1.165, 1.54) is 32.4 Å². The Labute approximate surface area is 110 Å². The van der Waals surface area contributed by atoms with Crippen LogP contribution in [0.4, 0.5) is 0 Å². The van der Waals surface area contributed by atoms with Crippen LogP contribution in [0.5, 0.6) is 0 Å². The van der Waals surface area contributed by atoms with E-state index in [4.69, 9.17) is 5.73 Å². The van der Waals surface area contributed by atoms with Gasteiger partial charge in [-0.2, -0.15) is 0 Å². The third-order valence-corrected chi connectivity index (χ3v) is 3.94. The summed E-state index contributed by atoms with van der Waals surface area (Å²) in [6.45, 7) is 8.69. The number of nitrogens with two attached hydrogens (primary N) is 1. The van der Waals surface area contributed by atoms with Crippen LogP contribution in [-0.2, 0) is 13.1 Å². The summed E-state index contributed by atoms with van der Waals surface area (Å²) in [6.07, 6.45) is 5.82. The first-order chi connectivity index (χ1) is 8.59. The van der Waals surface area contributed by atoms with Crippen molar-refractivity contribution in [3.05, 3.63) is 29.6 Å². The molecular formula is C15H25N3. The molecule has 3 nitrogen and oxygen atoms in total. The molecule has 0 unspecified atom stereocenters. The topological polar surface area (TPSA) is 42.1 Å². The molecule has 2 N–H and O–H groups in total. The van der Waals surface area contributed by atoms with Gasteiger partial charge in [0, 0.05) is 19.3 Å². The molecule has 0 spiro atoms. The first-order valence-corrected chi connectivity index (χ1v) is 6.95. The molecule has 0 aromatic carbocycles. The molecule has 0 saturated carbocycles. The van der Waals surface area contributed by atoms with Crippen molar-refractivity contribution in [2.75, 3.05) is 13.1 Å². The number of hydrogen-bond acceptors (Lipinski definition) is 3. The van der Waals surface area contributed by atoms with E-state index in [0.29, 0.717) is 12.0 Å². The quantitative estimate of drug-likeness (QED) is 0.892. The first kappa shape index (κ1) is 13.5. The zero-order valence-corrected chi connectivity index (χ0v) is 11.7. The smallest absolute Gasteiger partial charge is 0.0544 e. The second kappa shape index (κ2) is 5.81. The van der Waals surface area contributed by atoms with E-state index in [-0.39, 0.29) is 0 Å². The van der Waals surface area contributed by atoms with E-state index in [1.807, 2.05) is 6.20 Å². The van der Waals surface area contributed by atoms with Crippen LogP contribution in [0, 0.1) is 5.41 Å². The molecule has 100 valence electrons. The molecule has 3 heteroatoms. The fraction of sp³-hybridized carbons (Fsp3) is 0.667. The summed E-state index contributed by atoms with van der Waals surface area (Å²) in [7, 11) is 0. The Morgan fingerprint density at radius 3 is 2.78 bits per heavy atom. The highest BCUT2D eigenvalue weighted by atomic mass is 15.1. The van der Waals surface area contributed by atoms with Gasteiger partial charge in [-0.25, -0.2) is 0 Å². The maximum absolute atomic E-state index is 5.58. The minimum atomic E-state index is 0.506. The Morgan fingerprint density at radius 1 is 1.28 bits per heavy atom. The summed E-state index contributed by atoms with van der Waals surface area (Å²) in [5.74, 6) is 0. The summed E-state index contributed by atoms with van der Waals surface area (Å²) < 4.78 is 0. The number of aromatic nitrogens is 1. The van der Waals surface area contributed by atoms with Crippen LogP contribution < -0.4 is 5.73 Å². The van der Waals surface area contributed by atoms with Crippen molar-refractivity contribution in [3.63, 3.8) is 0 Å². The number of likely N-dealkylation sites (tertiary alicyclic amines) is 1. The molecule has 18 heavy (non-hydrogen) atoms. The van der Waals surface area contributed by atoms with E-state index >= 15 is 0 Å². The van der Waals surface area contributed by atoms with Crippen LogP contribution in [0.1, 0.15) is 44.4 Å². The molecule has 0 radical (unpaired) electrons. The van der Waals surface area contributed by atoms with Gasteiger partial charge in [-0.1, -0.05) is 19.9 Å². The van der Waals surface area contributed by atoms with Gasteiger partial charge in [0.05, 0.1) is 5.69 Å². The van der Waals surface area contributed by atoms with Crippen LogP contribution in [0.2, 0.25) is 0 Å². The predicted molar refractivity (Wildman–Crippen MR) is 75.0 cm³/mol.